The van der Waals surface area contributed by atoms with Crippen LogP contribution in [-0.2, 0) is 0 Å². The Morgan fingerprint density at radius 1 is 1.53 bits per heavy atom. The van der Waals surface area contributed by atoms with Crippen molar-refractivity contribution in [3.8, 4) is 11.8 Å². The lowest BCUT2D eigenvalue weighted by molar-refractivity contribution is 0.0696. The van der Waals surface area contributed by atoms with E-state index in [1.807, 2.05) is 0 Å². The predicted octanol–water partition coefficient (Wildman–Crippen LogP) is 3.17. The van der Waals surface area contributed by atoms with Gasteiger partial charge in [0.05, 0.1) is 5.56 Å². The first-order chi connectivity index (χ1) is 7.15. The van der Waals surface area contributed by atoms with Gasteiger partial charge in [-0.1, -0.05) is 39.4 Å². The van der Waals surface area contributed by atoms with Crippen LogP contribution in [0.15, 0.2) is 18.2 Å². The van der Waals surface area contributed by atoms with Gasteiger partial charge in [0.25, 0.3) is 0 Å². The number of halogens is 2. The lowest BCUT2D eigenvalue weighted by Crippen LogP contribution is -1.99. The summed E-state index contributed by atoms with van der Waals surface area (Å²) in [6, 6.07) is 4.65. The van der Waals surface area contributed by atoms with Crippen molar-refractivity contribution in [3.05, 3.63) is 34.3 Å². The molecule has 0 aromatic heterocycles. The zero-order valence-corrected chi connectivity index (χ0v) is 10.1. The molecule has 0 bridgehead atoms. The van der Waals surface area contributed by atoms with Gasteiger partial charge in [0, 0.05) is 22.3 Å². The summed E-state index contributed by atoms with van der Waals surface area (Å²) in [6.45, 7) is 0. The molecule has 0 spiro atoms. The Morgan fingerprint density at radius 3 is 2.87 bits per heavy atom. The molecule has 0 atom stereocenters. The van der Waals surface area contributed by atoms with Crippen molar-refractivity contribution < 1.29 is 9.90 Å². The van der Waals surface area contributed by atoms with E-state index in [9.17, 15) is 4.79 Å². The molecule has 1 aromatic carbocycles. The minimum atomic E-state index is -1.01. The van der Waals surface area contributed by atoms with Crippen molar-refractivity contribution in [2.24, 2.45) is 0 Å². The van der Waals surface area contributed by atoms with Gasteiger partial charge in [-0.3, -0.25) is 0 Å². The van der Waals surface area contributed by atoms with Crippen LogP contribution in [0.2, 0.25) is 5.02 Å². The second-order valence-corrected chi connectivity index (χ2v) is 3.97. The Bertz CT molecular complexity index is 432. The van der Waals surface area contributed by atoms with E-state index in [1.165, 1.54) is 6.07 Å². The van der Waals surface area contributed by atoms with E-state index < -0.39 is 5.97 Å². The second kappa shape index (κ2) is 5.79. The van der Waals surface area contributed by atoms with Crippen molar-refractivity contribution in [1.29, 1.82) is 0 Å². The Kier molecular flexibility index (Phi) is 4.67. The SMILES string of the molecule is O=C(O)c1cc(Cl)ccc1C#CCCBr. The number of benzene rings is 1. The molecule has 78 valence electrons. The average molecular weight is 288 g/mol. The topological polar surface area (TPSA) is 37.3 Å². The fourth-order valence-electron chi connectivity index (χ4n) is 1.01. The summed E-state index contributed by atoms with van der Waals surface area (Å²) >= 11 is 8.95. The molecule has 15 heavy (non-hydrogen) atoms. The van der Waals surface area contributed by atoms with E-state index in [1.54, 1.807) is 12.1 Å². The summed E-state index contributed by atoms with van der Waals surface area (Å²) in [4.78, 5) is 10.9. The normalized spacial score (nSPS) is 9.20. The molecule has 0 heterocycles. The van der Waals surface area contributed by atoms with Crippen LogP contribution in [0.3, 0.4) is 0 Å². The van der Waals surface area contributed by atoms with Crippen LogP contribution in [0, 0.1) is 11.8 Å². The Balaban J connectivity index is 3.08. The number of carboxylic acid groups (broad SMARTS) is 1. The van der Waals surface area contributed by atoms with E-state index in [-0.39, 0.29) is 5.56 Å². The highest BCUT2D eigenvalue weighted by molar-refractivity contribution is 9.09. The van der Waals surface area contributed by atoms with E-state index in [4.69, 9.17) is 16.7 Å². The molecule has 0 unspecified atom stereocenters. The Labute approximate surface area is 101 Å². The molecule has 0 saturated carbocycles. The summed E-state index contributed by atoms with van der Waals surface area (Å²) in [5, 5.41) is 10.1. The van der Waals surface area contributed by atoms with Gasteiger partial charge in [0.2, 0.25) is 0 Å². The summed E-state index contributed by atoms with van der Waals surface area (Å²) < 4.78 is 0. The molecule has 0 radical (unpaired) electrons. The van der Waals surface area contributed by atoms with Crippen molar-refractivity contribution in [2.75, 3.05) is 5.33 Å². The second-order valence-electron chi connectivity index (χ2n) is 2.74. The highest BCUT2D eigenvalue weighted by atomic mass is 79.9. The molecule has 2 nitrogen and oxygen atoms in total. The summed E-state index contributed by atoms with van der Waals surface area (Å²) in [5.74, 6) is 4.65. The average Bonchev–Trinajstić information content (AvgIpc) is 2.20. The van der Waals surface area contributed by atoms with Crippen molar-refractivity contribution in [1.82, 2.24) is 0 Å². The van der Waals surface area contributed by atoms with E-state index >= 15 is 0 Å². The lowest BCUT2D eigenvalue weighted by Gasteiger charge is -1.99. The van der Waals surface area contributed by atoms with Crippen LogP contribution in [0.1, 0.15) is 22.3 Å². The fourth-order valence-corrected chi connectivity index (χ4v) is 1.38. The summed E-state index contributed by atoms with van der Waals surface area (Å²) in [6.07, 6.45) is 0.682. The number of rotatable bonds is 2. The molecule has 0 saturated heterocycles. The van der Waals surface area contributed by atoms with Crippen LogP contribution in [0.25, 0.3) is 0 Å². The standard InChI is InChI=1S/C11H8BrClO2/c12-6-2-1-3-8-4-5-9(13)7-10(8)11(14)15/h4-5,7H,2,6H2,(H,14,15). The first-order valence-electron chi connectivity index (χ1n) is 4.23. The number of aromatic carboxylic acids is 1. The third-order valence-corrected chi connectivity index (χ3v) is 2.29. The van der Waals surface area contributed by atoms with Gasteiger partial charge in [-0.15, -0.1) is 0 Å². The maximum Gasteiger partial charge on any atom is 0.337 e. The minimum Gasteiger partial charge on any atom is -0.478 e. The molecule has 1 N–H and O–H groups in total. The van der Waals surface area contributed by atoms with Crippen LogP contribution >= 0.6 is 27.5 Å². The molecule has 0 aliphatic rings. The number of hydrogen-bond acceptors (Lipinski definition) is 1. The number of carbonyl (C=O) groups is 1. The lowest BCUT2D eigenvalue weighted by atomic mass is 10.1. The Morgan fingerprint density at radius 2 is 2.27 bits per heavy atom. The Hall–Kier alpha value is -0.980. The predicted molar refractivity (Wildman–Crippen MR) is 63.7 cm³/mol. The first-order valence-corrected chi connectivity index (χ1v) is 5.72. The van der Waals surface area contributed by atoms with Crippen LogP contribution in [-0.4, -0.2) is 16.4 Å². The molecular weight excluding hydrogens is 279 g/mol. The van der Waals surface area contributed by atoms with Crippen molar-refractivity contribution in [3.63, 3.8) is 0 Å². The number of hydrogen-bond donors (Lipinski definition) is 1. The van der Waals surface area contributed by atoms with Crippen LogP contribution in [0.4, 0.5) is 0 Å². The largest absolute Gasteiger partial charge is 0.478 e. The van der Waals surface area contributed by atoms with Gasteiger partial charge < -0.3 is 5.11 Å². The quantitative estimate of drug-likeness (QED) is 0.670. The fraction of sp³-hybridized carbons (Fsp3) is 0.182. The van der Waals surface area contributed by atoms with Gasteiger partial charge in [0.15, 0.2) is 0 Å². The highest BCUT2D eigenvalue weighted by Gasteiger charge is 2.08. The van der Waals surface area contributed by atoms with E-state index in [0.717, 1.165) is 5.33 Å². The molecule has 0 amide bonds. The molecule has 1 aromatic rings. The molecule has 0 aliphatic carbocycles. The molecule has 0 fully saturated rings. The molecule has 4 heteroatoms. The smallest absolute Gasteiger partial charge is 0.337 e. The van der Waals surface area contributed by atoms with Crippen LogP contribution in [0.5, 0.6) is 0 Å². The first kappa shape index (κ1) is 12.1. The number of carboxylic acids is 1. The summed E-state index contributed by atoms with van der Waals surface area (Å²) in [7, 11) is 0. The monoisotopic (exact) mass is 286 g/mol. The van der Waals surface area contributed by atoms with Crippen molar-refractivity contribution >= 4 is 33.5 Å². The zero-order chi connectivity index (χ0) is 11.3. The van der Waals surface area contributed by atoms with Gasteiger partial charge in [-0.05, 0) is 18.2 Å². The maximum atomic E-state index is 10.9. The van der Waals surface area contributed by atoms with Gasteiger partial charge in [0.1, 0.15) is 0 Å². The zero-order valence-electron chi connectivity index (χ0n) is 7.76. The highest BCUT2D eigenvalue weighted by Crippen LogP contribution is 2.15. The number of alkyl halides is 1. The van der Waals surface area contributed by atoms with Gasteiger partial charge in [-0.2, -0.15) is 0 Å². The molecule has 0 aliphatic heterocycles. The maximum absolute atomic E-state index is 10.9. The third kappa shape index (κ3) is 3.58. The van der Waals surface area contributed by atoms with Gasteiger partial charge >= 0.3 is 5.97 Å². The van der Waals surface area contributed by atoms with Crippen molar-refractivity contribution in [2.45, 2.75) is 6.42 Å². The molecular formula is C11H8BrClO2. The van der Waals surface area contributed by atoms with Gasteiger partial charge in [-0.25, -0.2) is 4.79 Å². The van der Waals surface area contributed by atoms with Crippen LogP contribution < -0.4 is 0 Å². The van der Waals surface area contributed by atoms with E-state index in [0.29, 0.717) is 17.0 Å². The third-order valence-electron chi connectivity index (χ3n) is 1.65. The molecule has 1 rings (SSSR count). The summed E-state index contributed by atoms with van der Waals surface area (Å²) in [5.41, 5.74) is 0.637. The minimum absolute atomic E-state index is 0.143. The van der Waals surface area contributed by atoms with E-state index in [2.05, 4.69) is 27.8 Å².